The summed E-state index contributed by atoms with van der Waals surface area (Å²) in [5, 5.41) is 0. The Morgan fingerprint density at radius 2 is 2.05 bits per heavy atom. The molecule has 1 heterocycles. The predicted octanol–water partition coefficient (Wildman–Crippen LogP) is 4.65. The Morgan fingerprint density at radius 1 is 1.32 bits per heavy atom. The van der Waals surface area contributed by atoms with Crippen LogP contribution in [0.1, 0.15) is 37.3 Å². The Bertz CT molecular complexity index is 453. The van der Waals surface area contributed by atoms with Gasteiger partial charge in [0.05, 0.1) is 6.61 Å². The SMILES string of the molecule is C=CCc1cccc(C)c1OCCCN1CCC(C)CC1.Cl. The molecule has 0 aromatic heterocycles. The first-order valence-electron chi connectivity index (χ1n) is 8.25. The summed E-state index contributed by atoms with van der Waals surface area (Å²) in [5.41, 5.74) is 2.47. The Kier molecular flexibility index (Phi) is 8.59. The van der Waals surface area contributed by atoms with Crippen molar-refractivity contribution in [2.45, 2.75) is 39.5 Å². The molecule has 1 aliphatic rings. The molecule has 2 nitrogen and oxygen atoms in total. The van der Waals surface area contributed by atoms with Crippen molar-refractivity contribution < 1.29 is 4.74 Å². The summed E-state index contributed by atoms with van der Waals surface area (Å²) in [5.74, 6) is 1.97. The molecule has 2 rings (SSSR count). The van der Waals surface area contributed by atoms with Gasteiger partial charge in [0.15, 0.2) is 0 Å². The molecule has 124 valence electrons. The largest absolute Gasteiger partial charge is 0.493 e. The van der Waals surface area contributed by atoms with Crippen molar-refractivity contribution in [2.24, 2.45) is 5.92 Å². The molecule has 1 fully saturated rings. The highest BCUT2D eigenvalue weighted by Crippen LogP contribution is 2.24. The summed E-state index contributed by atoms with van der Waals surface area (Å²) < 4.78 is 6.06. The number of rotatable bonds is 7. The van der Waals surface area contributed by atoms with E-state index in [2.05, 4.69) is 43.5 Å². The molecule has 0 amide bonds. The molecule has 1 aromatic rings. The van der Waals surface area contributed by atoms with E-state index in [4.69, 9.17) is 4.74 Å². The molecule has 0 aliphatic carbocycles. The molecule has 0 radical (unpaired) electrons. The van der Waals surface area contributed by atoms with Crippen molar-refractivity contribution in [2.75, 3.05) is 26.2 Å². The molecule has 1 saturated heterocycles. The average molecular weight is 324 g/mol. The van der Waals surface area contributed by atoms with Crippen molar-refractivity contribution in [1.29, 1.82) is 0 Å². The van der Waals surface area contributed by atoms with E-state index in [9.17, 15) is 0 Å². The molecule has 1 aromatic carbocycles. The third-order valence-electron chi connectivity index (χ3n) is 4.40. The fourth-order valence-corrected chi connectivity index (χ4v) is 2.98. The van der Waals surface area contributed by atoms with Gasteiger partial charge in [0.25, 0.3) is 0 Å². The molecule has 22 heavy (non-hydrogen) atoms. The quantitative estimate of drug-likeness (QED) is 0.535. The van der Waals surface area contributed by atoms with Crippen LogP contribution < -0.4 is 4.74 Å². The van der Waals surface area contributed by atoms with Crippen molar-refractivity contribution >= 4 is 12.4 Å². The fourth-order valence-electron chi connectivity index (χ4n) is 2.98. The summed E-state index contributed by atoms with van der Waals surface area (Å²) in [7, 11) is 0. The number of benzene rings is 1. The maximum atomic E-state index is 6.06. The lowest BCUT2D eigenvalue weighted by atomic mass is 9.99. The standard InChI is InChI=1S/C19H29NO.ClH/c1-4-7-18-9-5-8-17(3)19(18)21-15-6-12-20-13-10-16(2)11-14-20;/h4-5,8-9,16H,1,6-7,10-15H2,2-3H3;1H. The molecule has 0 atom stereocenters. The molecule has 0 unspecified atom stereocenters. The van der Waals surface area contributed by atoms with Crippen LogP contribution in [-0.4, -0.2) is 31.1 Å². The van der Waals surface area contributed by atoms with E-state index in [1.54, 1.807) is 0 Å². The monoisotopic (exact) mass is 323 g/mol. The molecule has 0 spiro atoms. The van der Waals surface area contributed by atoms with Crippen molar-refractivity contribution in [3.05, 3.63) is 42.0 Å². The molecular formula is C19H30ClNO. The number of piperidine rings is 1. The van der Waals surface area contributed by atoms with Gasteiger partial charge >= 0.3 is 0 Å². The summed E-state index contributed by atoms with van der Waals surface area (Å²) in [6.07, 6.45) is 6.62. The van der Waals surface area contributed by atoms with Gasteiger partial charge in [-0.2, -0.15) is 0 Å². The Balaban J connectivity index is 0.00000242. The topological polar surface area (TPSA) is 12.5 Å². The van der Waals surface area contributed by atoms with Crippen molar-refractivity contribution in [3.8, 4) is 5.75 Å². The lowest BCUT2D eigenvalue weighted by molar-refractivity contribution is 0.177. The third kappa shape index (κ3) is 5.66. The summed E-state index contributed by atoms with van der Waals surface area (Å²) >= 11 is 0. The van der Waals surface area contributed by atoms with E-state index in [0.29, 0.717) is 0 Å². The van der Waals surface area contributed by atoms with E-state index >= 15 is 0 Å². The Morgan fingerprint density at radius 3 is 2.73 bits per heavy atom. The lowest BCUT2D eigenvalue weighted by Crippen LogP contribution is -2.34. The average Bonchev–Trinajstić information content (AvgIpc) is 2.48. The third-order valence-corrected chi connectivity index (χ3v) is 4.40. The maximum Gasteiger partial charge on any atom is 0.125 e. The zero-order valence-electron chi connectivity index (χ0n) is 14.0. The summed E-state index contributed by atoms with van der Waals surface area (Å²) in [6, 6.07) is 6.35. The van der Waals surface area contributed by atoms with Crippen LogP contribution in [0.5, 0.6) is 5.75 Å². The van der Waals surface area contributed by atoms with Gasteiger partial charge in [0.1, 0.15) is 5.75 Å². The molecule has 0 bridgehead atoms. The van der Waals surface area contributed by atoms with E-state index in [1.807, 2.05) is 6.08 Å². The van der Waals surface area contributed by atoms with Gasteiger partial charge in [0, 0.05) is 6.54 Å². The van der Waals surface area contributed by atoms with Crippen LogP contribution in [0.3, 0.4) is 0 Å². The number of halogens is 1. The minimum absolute atomic E-state index is 0. The number of likely N-dealkylation sites (tertiary alicyclic amines) is 1. The van der Waals surface area contributed by atoms with Gasteiger partial charge in [-0.15, -0.1) is 19.0 Å². The van der Waals surface area contributed by atoms with Gasteiger partial charge in [-0.05, 0) is 62.7 Å². The Hall–Kier alpha value is -0.990. The highest BCUT2D eigenvalue weighted by atomic mass is 35.5. The lowest BCUT2D eigenvalue weighted by Gasteiger charge is -2.30. The van der Waals surface area contributed by atoms with E-state index in [0.717, 1.165) is 37.7 Å². The molecule has 0 N–H and O–H groups in total. The van der Waals surface area contributed by atoms with Crippen LogP contribution in [0.4, 0.5) is 0 Å². The number of hydrogen-bond acceptors (Lipinski definition) is 2. The zero-order chi connectivity index (χ0) is 15.1. The minimum atomic E-state index is 0. The van der Waals surface area contributed by atoms with Gasteiger partial charge in [0.2, 0.25) is 0 Å². The number of aryl methyl sites for hydroxylation is 1. The first-order valence-corrected chi connectivity index (χ1v) is 8.25. The second kappa shape index (κ2) is 9.91. The Labute approximate surface area is 142 Å². The van der Waals surface area contributed by atoms with Crippen LogP contribution in [0.2, 0.25) is 0 Å². The number of hydrogen-bond donors (Lipinski definition) is 0. The first-order chi connectivity index (χ1) is 10.2. The minimum Gasteiger partial charge on any atom is -0.493 e. The molecule has 1 aliphatic heterocycles. The van der Waals surface area contributed by atoms with Crippen molar-refractivity contribution in [1.82, 2.24) is 4.90 Å². The predicted molar refractivity (Wildman–Crippen MR) is 97.3 cm³/mol. The van der Waals surface area contributed by atoms with Gasteiger partial charge < -0.3 is 9.64 Å². The van der Waals surface area contributed by atoms with Crippen LogP contribution in [0.15, 0.2) is 30.9 Å². The number of ether oxygens (including phenoxy) is 1. The second-order valence-electron chi connectivity index (χ2n) is 6.28. The van der Waals surface area contributed by atoms with Crippen molar-refractivity contribution in [3.63, 3.8) is 0 Å². The molecular weight excluding hydrogens is 294 g/mol. The second-order valence-corrected chi connectivity index (χ2v) is 6.28. The first kappa shape index (κ1) is 19.1. The smallest absolute Gasteiger partial charge is 0.125 e. The summed E-state index contributed by atoms with van der Waals surface area (Å²) in [6.45, 7) is 12.8. The molecule has 0 saturated carbocycles. The van der Waals surface area contributed by atoms with E-state index < -0.39 is 0 Å². The highest BCUT2D eigenvalue weighted by molar-refractivity contribution is 5.85. The fraction of sp³-hybridized carbons (Fsp3) is 0.579. The maximum absolute atomic E-state index is 6.06. The van der Waals surface area contributed by atoms with Gasteiger partial charge in [-0.3, -0.25) is 0 Å². The van der Waals surface area contributed by atoms with Gasteiger partial charge in [-0.25, -0.2) is 0 Å². The number of nitrogens with zero attached hydrogens (tertiary/aromatic N) is 1. The van der Waals surface area contributed by atoms with E-state index in [-0.39, 0.29) is 12.4 Å². The van der Waals surface area contributed by atoms with Gasteiger partial charge in [-0.1, -0.05) is 31.2 Å². The van der Waals surface area contributed by atoms with E-state index in [1.165, 1.54) is 37.1 Å². The van der Waals surface area contributed by atoms with Crippen LogP contribution in [-0.2, 0) is 6.42 Å². The highest BCUT2D eigenvalue weighted by Gasteiger charge is 2.15. The molecule has 3 heteroatoms. The zero-order valence-corrected chi connectivity index (χ0v) is 14.8. The summed E-state index contributed by atoms with van der Waals surface area (Å²) in [4.78, 5) is 2.58. The number of para-hydroxylation sites is 1. The normalized spacial score (nSPS) is 16.1. The van der Waals surface area contributed by atoms with Crippen LogP contribution >= 0.6 is 12.4 Å². The van der Waals surface area contributed by atoms with Crippen LogP contribution in [0, 0.1) is 12.8 Å². The van der Waals surface area contributed by atoms with Crippen LogP contribution in [0.25, 0.3) is 0 Å². The number of allylic oxidation sites excluding steroid dienone is 1.